The fourth-order valence-corrected chi connectivity index (χ4v) is 3.56. The predicted molar refractivity (Wildman–Crippen MR) is 87.6 cm³/mol. The summed E-state index contributed by atoms with van der Waals surface area (Å²) in [6.07, 6.45) is -1.10. The number of carbonyl (C=O) groups excluding carboxylic acids is 2. The van der Waals surface area contributed by atoms with Crippen LogP contribution in [0.4, 0.5) is 0 Å². The third-order valence-electron chi connectivity index (χ3n) is 5.43. The molecule has 1 unspecified atom stereocenters. The Bertz CT molecular complexity index is 422. The number of carbonyl (C=O) groups is 2. The molecule has 0 radical (unpaired) electrons. The molecular weight excluding hydrogens is 296 g/mol. The largest absolute Gasteiger partial charge is 0.461 e. The number of aliphatic hydroxyl groups excluding tert-OH is 2. The first-order valence-corrected chi connectivity index (χ1v) is 8.72. The summed E-state index contributed by atoms with van der Waals surface area (Å²) < 4.78 is 5.50. The average molecular weight is 328 g/mol. The van der Waals surface area contributed by atoms with E-state index in [1.807, 2.05) is 20.8 Å². The topological polar surface area (TPSA) is 83.8 Å². The molecule has 0 saturated carbocycles. The lowest BCUT2D eigenvalue weighted by Gasteiger charge is -2.34. The van der Waals surface area contributed by atoms with Gasteiger partial charge in [-0.1, -0.05) is 34.6 Å². The molecule has 5 nitrogen and oxygen atoms in total. The van der Waals surface area contributed by atoms with Gasteiger partial charge in [-0.2, -0.15) is 0 Å². The lowest BCUT2D eigenvalue weighted by Crippen LogP contribution is -2.44. The standard InChI is InChI=1S/C18H32O5/c1-7-14-11(4)15(19)9(2)8-10(3)16(20)12(5)17(21)13(6)18(22)23-14/h9-14,16-17,20-21H,7-8H2,1-6H3/t9?,10-,11+,12+,13+,14-,16-,17-/m0/s1. The average Bonchev–Trinajstić information content (AvgIpc) is 2.54. The molecule has 8 atom stereocenters. The van der Waals surface area contributed by atoms with Crippen molar-refractivity contribution in [3.8, 4) is 0 Å². The van der Waals surface area contributed by atoms with E-state index in [1.54, 1.807) is 20.8 Å². The molecule has 5 heteroatoms. The highest BCUT2D eigenvalue weighted by Crippen LogP contribution is 2.30. The minimum atomic E-state index is -0.974. The molecule has 2 N–H and O–H groups in total. The normalized spacial score (nSPS) is 44.2. The van der Waals surface area contributed by atoms with Crippen LogP contribution < -0.4 is 0 Å². The molecule has 0 aromatic rings. The van der Waals surface area contributed by atoms with Crippen LogP contribution in [0.15, 0.2) is 0 Å². The molecule has 0 amide bonds. The fraction of sp³-hybridized carbons (Fsp3) is 0.889. The molecule has 1 rings (SSSR count). The van der Waals surface area contributed by atoms with E-state index in [9.17, 15) is 19.8 Å². The van der Waals surface area contributed by atoms with Crippen LogP contribution in [0.25, 0.3) is 0 Å². The Morgan fingerprint density at radius 1 is 1.00 bits per heavy atom. The van der Waals surface area contributed by atoms with Gasteiger partial charge in [0.2, 0.25) is 0 Å². The van der Waals surface area contributed by atoms with Crippen LogP contribution >= 0.6 is 0 Å². The maximum atomic E-state index is 12.6. The lowest BCUT2D eigenvalue weighted by molar-refractivity contribution is -0.165. The number of hydrogen-bond acceptors (Lipinski definition) is 5. The number of esters is 1. The van der Waals surface area contributed by atoms with Gasteiger partial charge in [-0.25, -0.2) is 0 Å². The number of Topliss-reactive ketones (excluding diaryl/α,β-unsaturated/α-hetero) is 1. The first-order valence-electron chi connectivity index (χ1n) is 8.72. The van der Waals surface area contributed by atoms with Crippen molar-refractivity contribution in [2.75, 3.05) is 0 Å². The van der Waals surface area contributed by atoms with Gasteiger partial charge in [0.25, 0.3) is 0 Å². The number of ether oxygens (including phenoxy) is 1. The number of rotatable bonds is 1. The highest BCUT2D eigenvalue weighted by molar-refractivity contribution is 5.84. The maximum Gasteiger partial charge on any atom is 0.311 e. The third kappa shape index (κ3) is 4.54. The minimum Gasteiger partial charge on any atom is -0.461 e. The van der Waals surface area contributed by atoms with Crippen molar-refractivity contribution in [3.63, 3.8) is 0 Å². The zero-order valence-electron chi connectivity index (χ0n) is 15.2. The molecule has 134 valence electrons. The van der Waals surface area contributed by atoms with Gasteiger partial charge in [0.05, 0.1) is 24.0 Å². The van der Waals surface area contributed by atoms with Gasteiger partial charge in [0, 0.05) is 11.8 Å². The van der Waals surface area contributed by atoms with Gasteiger partial charge in [-0.15, -0.1) is 0 Å². The molecule has 1 heterocycles. The summed E-state index contributed by atoms with van der Waals surface area (Å²) in [7, 11) is 0. The molecule has 0 aromatic carbocycles. The Labute approximate surface area is 139 Å². The Hall–Kier alpha value is -0.940. The lowest BCUT2D eigenvalue weighted by atomic mass is 9.78. The van der Waals surface area contributed by atoms with Crippen molar-refractivity contribution in [1.29, 1.82) is 0 Å². The molecule has 0 spiro atoms. The summed E-state index contributed by atoms with van der Waals surface area (Å²) in [5, 5.41) is 20.9. The van der Waals surface area contributed by atoms with Crippen LogP contribution in [-0.4, -0.2) is 40.3 Å². The SMILES string of the molecule is CC[C@@H]1OC(=O)[C@H](C)[C@@H](O)[C@H](C)[C@@H](O)[C@@H](C)CC(C)C(=O)[C@@H]1C. The smallest absolute Gasteiger partial charge is 0.311 e. The van der Waals surface area contributed by atoms with Crippen molar-refractivity contribution >= 4 is 11.8 Å². The molecule has 1 fully saturated rings. The van der Waals surface area contributed by atoms with Crippen molar-refractivity contribution in [3.05, 3.63) is 0 Å². The van der Waals surface area contributed by atoms with E-state index in [1.165, 1.54) is 0 Å². The van der Waals surface area contributed by atoms with Gasteiger partial charge in [-0.05, 0) is 25.7 Å². The first kappa shape index (κ1) is 20.1. The van der Waals surface area contributed by atoms with E-state index >= 15 is 0 Å². The molecule has 23 heavy (non-hydrogen) atoms. The third-order valence-corrected chi connectivity index (χ3v) is 5.43. The molecule has 1 aliphatic rings. The summed E-state index contributed by atoms with van der Waals surface area (Å²) in [5.74, 6) is -2.39. The summed E-state index contributed by atoms with van der Waals surface area (Å²) in [4.78, 5) is 24.9. The summed E-state index contributed by atoms with van der Waals surface area (Å²) in [5.41, 5.74) is 0. The molecule has 0 bridgehead atoms. The van der Waals surface area contributed by atoms with Crippen LogP contribution in [0.3, 0.4) is 0 Å². The molecule has 0 aliphatic carbocycles. The molecule has 1 aliphatic heterocycles. The van der Waals surface area contributed by atoms with Crippen LogP contribution in [0, 0.1) is 29.6 Å². The van der Waals surface area contributed by atoms with Crippen molar-refractivity contribution in [2.45, 2.75) is 72.7 Å². The fourth-order valence-electron chi connectivity index (χ4n) is 3.56. The van der Waals surface area contributed by atoms with Gasteiger partial charge < -0.3 is 14.9 Å². The quantitative estimate of drug-likeness (QED) is 0.721. The van der Waals surface area contributed by atoms with Gasteiger partial charge >= 0.3 is 5.97 Å². The second-order valence-corrected chi connectivity index (χ2v) is 7.32. The van der Waals surface area contributed by atoms with E-state index < -0.39 is 36.1 Å². The summed E-state index contributed by atoms with van der Waals surface area (Å²) >= 11 is 0. The monoisotopic (exact) mass is 328 g/mol. The summed E-state index contributed by atoms with van der Waals surface area (Å²) in [6.45, 7) is 10.7. The Balaban J connectivity index is 3.13. The Morgan fingerprint density at radius 3 is 2.09 bits per heavy atom. The van der Waals surface area contributed by atoms with Crippen LogP contribution in [0.5, 0.6) is 0 Å². The molecule has 0 aromatic heterocycles. The zero-order valence-corrected chi connectivity index (χ0v) is 15.2. The predicted octanol–water partition coefficient (Wildman–Crippen LogP) is 2.18. The number of ketones is 1. The maximum absolute atomic E-state index is 12.6. The van der Waals surface area contributed by atoms with Crippen LogP contribution in [0.1, 0.15) is 54.4 Å². The molecule has 1 saturated heterocycles. The highest BCUT2D eigenvalue weighted by atomic mass is 16.5. The van der Waals surface area contributed by atoms with Gasteiger partial charge in [0.1, 0.15) is 11.9 Å². The van der Waals surface area contributed by atoms with E-state index in [0.29, 0.717) is 12.8 Å². The van der Waals surface area contributed by atoms with Crippen LogP contribution in [0.2, 0.25) is 0 Å². The second kappa shape index (κ2) is 8.25. The highest BCUT2D eigenvalue weighted by Gasteiger charge is 2.38. The Morgan fingerprint density at radius 2 is 1.57 bits per heavy atom. The van der Waals surface area contributed by atoms with E-state index in [2.05, 4.69) is 0 Å². The second-order valence-electron chi connectivity index (χ2n) is 7.32. The zero-order chi connectivity index (χ0) is 17.9. The number of cyclic esters (lactones) is 1. The van der Waals surface area contributed by atoms with E-state index in [0.717, 1.165) is 0 Å². The summed E-state index contributed by atoms with van der Waals surface area (Å²) in [6, 6.07) is 0. The minimum absolute atomic E-state index is 0.0603. The van der Waals surface area contributed by atoms with Crippen LogP contribution in [-0.2, 0) is 14.3 Å². The van der Waals surface area contributed by atoms with E-state index in [-0.39, 0.29) is 23.5 Å². The Kier molecular flexibility index (Phi) is 7.21. The van der Waals surface area contributed by atoms with Gasteiger partial charge in [0.15, 0.2) is 0 Å². The number of aliphatic hydroxyl groups is 2. The van der Waals surface area contributed by atoms with Crippen molar-refractivity contribution < 1.29 is 24.5 Å². The number of hydrogen-bond donors (Lipinski definition) is 2. The van der Waals surface area contributed by atoms with Gasteiger partial charge in [-0.3, -0.25) is 9.59 Å². The van der Waals surface area contributed by atoms with Crippen molar-refractivity contribution in [1.82, 2.24) is 0 Å². The first-order chi connectivity index (χ1) is 10.6. The van der Waals surface area contributed by atoms with E-state index in [4.69, 9.17) is 4.74 Å². The molecular formula is C18H32O5. The van der Waals surface area contributed by atoms with Crippen molar-refractivity contribution in [2.24, 2.45) is 29.6 Å².